The number of hydrogen-bond acceptors (Lipinski definition) is 8. The molecule has 2 atom stereocenters. The van der Waals surface area contributed by atoms with Crippen LogP contribution in [0.3, 0.4) is 0 Å². The molecular formula is C16H25N5O3S. The molecule has 2 aromatic heterocycles. The number of nitrogens with two attached hydrogens (primary N) is 1. The highest BCUT2D eigenvalue weighted by Crippen LogP contribution is 2.26. The summed E-state index contributed by atoms with van der Waals surface area (Å²) in [5.41, 5.74) is 8.55. The van der Waals surface area contributed by atoms with Gasteiger partial charge in [0.1, 0.15) is 11.8 Å². The zero-order valence-corrected chi connectivity index (χ0v) is 14.9. The molecule has 25 heavy (non-hydrogen) atoms. The standard InChI is InChI=1S/C16H25N5O3S/c17-16-15-14(19-10-20-16)11(5-18-15)6-21-7-12(13(23)8-21)9-25-4-3-24-2-1-22/h5,10,12-13,18,22-23H,1-4,6-9H2,(H2,17,19,20)/t12?,13-/m1/s1. The highest BCUT2D eigenvalue weighted by Gasteiger charge is 2.31. The summed E-state index contributed by atoms with van der Waals surface area (Å²) < 4.78 is 5.25. The molecule has 3 rings (SSSR count). The van der Waals surface area contributed by atoms with Crippen LogP contribution in [0.1, 0.15) is 5.56 Å². The quantitative estimate of drug-likeness (QED) is 0.460. The van der Waals surface area contributed by atoms with E-state index in [-0.39, 0.29) is 18.6 Å². The molecule has 1 aliphatic rings. The van der Waals surface area contributed by atoms with Gasteiger partial charge >= 0.3 is 0 Å². The summed E-state index contributed by atoms with van der Waals surface area (Å²) in [7, 11) is 0. The number of aromatic nitrogens is 3. The third-order valence-electron chi connectivity index (χ3n) is 4.39. The molecule has 0 amide bonds. The van der Waals surface area contributed by atoms with Gasteiger partial charge in [-0.25, -0.2) is 9.97 Å². The molecule has 8 nitrogen and oxygen atoms in total. The van der Waals surface area contributed by atoms with Crippen LogP contribution in [0.25, 0.3) is 11.0 Å². The Hall–Kier alpha value is -1.39. The third-order valence-corrected chi connectivity index (χ3v) is 5.51. The van der Waals surface area contributed by atoms with Crippen molar-refractivity contribution in [2.75, 3.05) is 50.1 Å². The number of hydrogen-bond donors (Lipinski definition) is 4. The number of nitrogen functional groups attached to an aromatic ring is 1. The normalized spacial score (nSPS) is 21.4. The Morgan fingerprint density at radius 3 is 3.08 bits per heavy atom. The average Bonchev–Trinajstić information content (AvgIpc) is 3.16. The number of nitrogens with zero attached hydrogens (tertiary/aromatic N) is 3. The number of nitrogens with one attached hydrogen (secondary N) is 1. The van der Waals surface area contributed by atoms with Gasteiger partial charge in [0.05, 0.1) is 31.4 Å². The first kappa shape index (κ1) is 18.4. The van der Waals surface area contributed by atoms with Gasteiger partial charge in [0, 0.05) is 43.1 Å². The summed E-state index contributed by atoms with van der Waals surface area (Å²) in [6.45, 7) is 3.34. The van der Waals surface area contributed by atoms with E-state index in [1.807, 2.05) is 6.20 Å². The Bertz CT molecular complexity index is 683. The van der Waals surface area contributed by atoms with Gasteiger partial charge in [-0.2, -0.15) is 11.8 Å². The van der Waals surface area contributed by atoms with Crippen molar-refractivity contribution < 1.29 is 14.9 Å². The minimum absolute atomic E-state index is 0.0609. The van der Waals surface area contributed by atoms with E-state index in [0.717, 1.165) is 41.2 Å². The molecule has 0 radical (unpaired) electrons. The molecular weight excluding hydrogens is 342 g/mol. The van der Waals surface area contributed by atoms with E-state index in [0.29, 0.717) is 25.6 Å². The highest BCUT2D eigenvalue weighted by molar-refractivity contribution is 7.99. The van der Waals surface area contributed by atoms with E-state index in [9.17, 15) is 5.11 Å². The van der Waals surface area contributed by atoms with Crippen LogP contribution in [-0.4, -0.2) is 80.6 Å². The van der Waals surface area contributed by atoms with Gasteiger partial charge in [0.25, 0.3) is 0 Å². The number of thioether (sulfide) groups is 1. The Morgan fingerprint density at radius 1 is 1.36 bits per heavy atom. The van der Waals surface area contributed by atoms with Gasteiger partial charge in [-0.3, -0.25) is 4.90 Å². The second kappa shape index (κ2) is 8.81. The van der Waals surface area contributed by atoms with Crippen LogP contribution < -0.4 is 5.73 Å². The first-order chi connectivity index (χ1) is 12.2. The monoisotopic (exact) mass is 367 g/mol. The van der Waals surface area contributed by atoms with E-state index < -0.39 is 0 Å². The number of aromatic amines is 1. The number of anilines is 1. The summed E-state index contributed by atoms with van der Waals surface area (Å²) in [6.07, 6.45) is 3.09. The summed E-state index contributed by atoms with van der Waals surface area (Å²) in [6, 6.07) is 0. The Kier molecular flexibility index (Phi) is 6.49. The zero-order valence-electron chi connectivity index (χ0n) is 14.1. The largest absolute Gasteiger partial charge is 0.394 e. The van der Waals surface area contributed by atoms with Crippen molar-refractivity contribution in [1.29, 1.82) is 0 Å². The van der Waals surface area contributed by atoms with Gasteiger partial charge in [-0.05, 0) is 5.75 Å². The molecule has 0 bridgehead atoms. The van der Waals surface area contributed by atoms with Crippen LogP contribution in [0, 0.1) is 5.92 Å². The number of β-amino-alcohol motifs (C(OH)–C–C–N with tert-alkyl or cyclic N) is 1. The summed E-state index contributed by atoms with van der Waals surface area (Å²) in [5.74, 6) is 2.49. The van der Waals surface area contributed by atoms with Crippen LogP contribution in [0.2, 0.25) is 0 Å². The van der Waals surface area contributed by atoms with Gasteiger partial charge in [-0.15, -0.1) is 0 Å². The fourth-order valence-electron chi connectivity index (χ4n) is 3.13. The number of aliphatic hydroxyl groups is 2. The van der Waals surface area contributed by atoms with Crippen molar-refractivity contribution in [2.45, 2.75) is 12.6 Å². The molecule has 5 N–H and O–H groups in total. The van der Waals surface area contributed by atoms with Gasteiger partial charge in [-0.1, -0.05) is 0 Å². The molecule has 0 aromatic carbocycles. The lowest BCUT2D eigenvalue weighted by Gasteiger charge is -2.15. The lowest BCUT2D eigenvalue weighted by molar-refractivity contribution is 0.103. The maximum atomic E-state index is 10.3. The maximum Gasteiger partial charge on any atom is 0.151 e. The van der Waals surface area contributed by atoms with Crippen molar-refractivity contribution in [3.05, 3.63) is 18.1 Å². The summed E-state index contributed by atoms with van der Waals surface area (Å²) in [5, 5.41) is 19.0. The fraction of sp³-hybridized carbons (Fsp3) is 0.625. The molecule has 2 aromatic rings. The lowest BCUT2D eigenvalue weighted by atomic mass is 10.1. The van der Waals surface area contributed by atoms with Crippen LogP contribution in [-0.2, 0) is 11.3 Å². The minimum atomic E-state index is -0.309. The number of fused-ring (bicyclic) bond motifs is 1. The Labute approximate surface area is 150 Å². The minimum Gasteiger partial charge on any atom is -0.394 e. The molecule has 9 heteroatoms. The van der Waals surface area contributed by atoms with Crippen LogP contribution in [0.4, 0.5) is 5.82 Å². The molecule has 3 heterocycles. The smallest absolute Gasteiger partial charge is 0.151 e. The lowest BCUT2D eigenvalue weighted by Crippen LogP contribution is -2.21. The molecule has 1 saturated heterocycles. The Balaban J connectivity index is 1.49. The van der Waals surface area contributed by atoms with Crippen molar-refractivity contribution in [3.8, 4) is 0 Å². The van der Waals surface area contributed by atoms with Crippen molar-refractivity contribution in [3.63, 3.8) is 0 Å². The van der Waals surface area contributed by atoms with Gasteiger partial charge in [0.15, 0.2) is 5.82 Å². The molecule has 0 spiro atoms. The predicted octanol–water partition coefficient (Wildman–Crippen LogP) is 0.0749. The van der Waals surface area contributed by atoms with Gasteiger partial charge < -0.3 is 25.7 Å². The molecule has 1 fully saturated rings. The molecule has 0 aliphatic carbocycles. The summed E-state index contributed by atoms with van der Waals surface area (Å²) >= 11 is 1.78. The van der Waals surface area contributed by atoms with E-state index in [2.05, 4.69) is 19.9 Å². The first-order valence-corrected chi connectivity index (χ1v) is 9.57. The maximum absolute atomic E-state index is 10.3. The molecule has 138 valence electrons. The number of likely N-dealkylation sites (tertiary alicyclic amines) is 1. The van der Waals surface area contributed by atoms with E-state index in [1.165, 1.54) is 6.33 Å². The van der Waals surface area contributed by atoms with Crippen molar-refractivity contribution in [1.82, 2.24) is 19.9 Å². The second-order valence-corrected chi connectivity index (χ2v) is 7.38. The average molecular weight is 367 g/mol. The van der Waals surface area contributed by atoms with Crippen LogP contribution >= 0.6 is 11.8 Å². The van der Waals surface area contributed by atoms with E-state index in [1.54, 1.807) is 11.8 Å². The van der Waals surface area contributed by atoms with E-state index >= 15 is 0 Å². The van der Waals surface area contributed by atoms with Crippen molar-refractivity contribution in [2.24, 2.45) is 5.92 Å². The zero-order chi connectivity index (χ0) is 17.6. The number of rotatable bonds is 9. The topological polar surface area (TPSA) is 121 Å². The molecule has 1 unspecified atom stereocenters. The number of H-pyrrole nitrogens is 1. The van der Waals surface area contributed by atoms with Crippen LogP contribution in [0.5, 0.6) is 0 Å². The van der Waals surface area contributed by atoms with Crippen molar-refractivity contribution >= 4 is 28.6 Å². The highest BCUT2D eigenvalue weighted by atomic mass is 32.2. The first-order valence-electron chi connectivity index (χ1n) is 8.42. The number of aliphatic hydroxyl groups excluding tert-OH is 2. The Morgan fingerprint density at radius 2 is 2.24 bits per heavy atom. The van der Waals surface area contributed by atoms with Gasteiger partial charge in [0.2, 0.25) is 0 Å². The SMILES string of the molecule is Nc1ncnc2c(CN3CC(CSCCOCCO)[C@H](O)C3)c[nH]c12. The second-order valence-electron chi connectivity index (χ2n) is 6.23. The third kappa shape index (κ3) is 4.62. The number of ether oxygens (including phenoxy) is 1. The van der Waals surface area contributed by atoms with E-state index in [4.69, 9.17) is 15.6 Å². The predicted molar refractivity (Wildman–Crippen MR) is 98.3 cm³/mol. The summed E-state index contributed by atoms with van der Waals surface area (Å²) in [4.78, 5) is 13.7. The molecule has 1 aliphatic heterocycles. The molecule has 0 saturated carbocycles. The van der Waals surface area contributed by atoms with Crippen LogP contribution in [0.15, 0.2) is 12.5 Å². The fourth-order valence-corrected chi connectivity index (χ4v) is 4.16.